The van der Waals surface area contributed by atoms with Crippen LogP contribution in [0.25, 0.3) is 11.3 Å². The van der Waals surface area contributed by atoms with Gasteiger partial charge in [0.2, 0.25) is 0 Å². The van der Waals surface area contributed by atoms with Crippen molar-refractivity contribution in [3.8, 4) is 11.3 Å². The number of benzene rings is 1. The Morgan fingerprint density at radius 3 is 2.39 bits per heavy atom. The molecule has 0 radical (unpaired) electrons. The first kappa shape index (κ1) is 12.6. The molecule has 0 spiro atoms. The zero-order chi connectivity index (χ0) is 13.3. The van der Waals surface area contributed by atoms with Crippen molar-refractivity contribution < 1.29 is 0 Å². The van der Waals surface area contributed by atoms with Crippen LogP contribution in [-0.4, -0.2) is 9.97 Å². The van der Waals surface area contributed by atoms with E-state index in [1.807, 2.05) is 6.07 Å². The number of aryl methyl sites for hydroxylation is 1. The molecule has 0 fully saturated rings. The maximum atomic E-state index is 5.72. The Bertz CT molecular complexity index is 568. The van der Waals surface area contributed by atoms with Gasteiger partial charge in [0.15, 0.2) is 0 Å². The predicted molar refractivity (Wildman–Crippen MR) is 75.3 cm³/mol. The van der Waals surface area contributed by atoms with E-state index in [1.165, 1.54) is 17.5 Å². The minimum absolute atomic E-state index is 0.126. The van der Waals surface area contributed by atoms with Crippen LogP contribution in [0.2, 0.25) is 0 Å². The zero-order valence-electron chi connectivity index (χ0n) is 11.4. The van der Waals surface area contributed by atoms with Gasteiger partial charge in [-0.05, 0) is 29.5 Å². The average Bonchev–Trinajstić information content (AvgIpc) is 2.28. The average molecular weight is 241 g/mol. The molecular weight excluding hydrogens is 222 g/mol. The smallest absolute Gasteiger partial charge is 0.127 e. The van der Waals surface area contributed by atoms with Crippen molar-refractivity contribution in [2.75, 3.05) is 5.73 Å². The van der Waals surface area contributed by atoms with Crippen molar-refractivity contribution in [1.29, 1.82) is 0 Å². The van der Waals surface area contributed by atoms with Gasteiger partial charge in [-0.2, -0.15) is 0 Å². The first-order chi connectivity index (χ1) is 8.38. The van der Waals surface area contributed by atoms with Gasteiger partial charge in [0.05, 0.1) is 5.69 Å². The number of anilines is 1. The van der Waals surface area contributed by atoms with Gasteiger partial charge in [0, 0.05) is 11.6 Å². The van der Waals surface area contributed by atoms with E-state index in [0.717, 1.165) is 11.3 Å². The molecule has 0 aliphatic heterocycles. The molecule has 2 N–H and O–H groups in total. The summed E-state index contributed by atoms with van der Waals surface area (Å²) >= 11 is 0. The van der Waals surface area contributed by atoms with Crippen molar-refractivity contribution in [1.82, 2.24) is 9.97 Å². The normalized spacial score (nSPS) is 11.6. The highest BCUT2D eigenvalue weighted by atomic mass is 14.9. The quantitative estimate of drug-likeness (QED) is 0.833. The van der Waals surface area contributed by atoms with Crippen molar-refractivity contribution in [3.05, 3.63) is 41.7 Å². The largest absolute Gasteiger partial charge is 0.384 e. The van der Waals surface area contributed by atoms with Crippen molar-refractivity contribution in [3.63, 3.8) is 0 Å². The molecule has 1 heterocycles. The highest BCUT2D eigenvalue weighted by Gasteiger charge is 2.15. The predicted octanol–water partition coefficient (Wildman–Crippen LogP) is 3.33. The molecule has 0 aliphatic carbocycles. The Morgan fingerprint density at radius 2 is 1.78 bits per heavy atom. The third-order valence-electron chi connectivity index (χ3n) is 3.07. The highest BCUT2D eigenvalue weighted by Crippen LogP contribution is 2.29. The number of nitrogens with two attached hydrogens (primary N) is 1. The molecule has 2 rings (SSSR count). The van der Waals surface area contributed by atoms with Gasteiger partial charge >= 0.3 is 0 Å². The molecule has 0 saturated carbocycles. The number of nitrogen functional groups attached to an aromatic ring is 1. The number of hydrogen-bond donors (Lipinski definition) is 1. The maximum absolute atomic E-state index is 5.72. The molecule has 3 heteroatoms. The molecule has 1 aromatic carbocycles. The van der Waals surface area contributed by atoms with Crippen LogP contribution in [0.4, 0.5) is 5.82 Å². The fraction of sp³-hybridized carbons (Fsp3) is 0.333. The Balaban J connectivity index is 2.57. The Hall–Kier alpha value is -1.90. The number of aromatic nitrogens is 2. The van der Waals surface area contributed by atoms with Crippen LogP contribution in [-0.2, 0) is 5.41 Å². The monoisotopic (exact) mass is 241 g/mol. The third-order valence-corrected chi connectivity index (χ3v) is 3.07. The molecule has 0 aliphatic rings. The lowest BCUT2D eigenvalue weighted by Gasteiger charge is -2.20. The number of nitrogens with zero attached hydrogens (tertiary/aromatic N) is 2. The molecule has 0 amide bonds. The molecule has 1 aromatic heterocycles. The van der Waals surface area contributed by atoms with Crippen molar-refractivity contribution in [2.24, 2.45) is 0 Å². The summed E-state index contributed by atoms with van der Waals surface area (Å²) in [4.78, 5) is 8.24. The molecule has 0 unspecified atom stereocenters. The Labute approximate surface area is 108 Å². The molecule has 94 valence electrons. The van der Waals surface area contributed by atoms with Gasteiger partial charge in [-0.15, -0.1) is 0 Å². The van der Waals surface area contributed by atoms with Gasteiger partial charge in [-0.1, -0.05) is 32.9 Å². The first-order valence-electron chi connectivity index (χ1n) is 6.07. The fourth-order valence-electron chi connectivity index (χ4n) is 1.88. The van der Waals surface area contributed by atoms with Crippen molar-refractivity contribution >= 4 is 5.82 Å². The molecule has 2 aromatic rings. The second kappa shape index (κ2) is 4.41. The Kier molecular flexibility index (Phi) is 3.07. The van der Waals surface area contributed by atoms with E-state index in [1.54, 1.807) is 0 Å². The second-order valence-electron chi connectivity index (χ2n) is 5.61. The van der Waals surface area contributed by atoms with Gasteiger partial charge in [0.25, 0.3) is 0 Å². The van der Waals surface area contributed by atoms with Crippen LogP contribution < -0.4 is 5.73 Å². The van der Waals surface area contributed by atoms with Crippen LogP contribution in [0.1, 0.15) is 31.9 Å². The summed E-state index contributed by atoms with van der Waals surface area (Å²) in [7, 11) is 0. The summed E-state index contributed by atoms with van der Waals surface area (Å²) in [6.45, 7) is 8.70. The van der Waals surface area contributed by atoms with E-state index < -0.39 is 0 Å². The SMILES string of the molecule is Cc1ccc(C(C)(C)C)cc1-c1cc(N)ncn1. The van der Waals surface area contributed by atoms with Gasteiger partial charge in [-0.3, -0.25) is 0 Å². The molecule has 18 heavy (non-hydrogen) atoms. The minimum atomic E-state index is 0.126. The molecular formula is C15H19N3. The first-order valence-corrected chi connectivity index (χ1v) is 6.07. The summed E-state index contributed by atoms with van der Waals surface area (Å²) < 4.78 is 0. The summed E-state index contributed by atoms with van der Waals surface area (Å²) in [5, 5.41) is 0. The van der Waals surface area contributed by atoms with E-state index in [-0.39, 0.29) is 5.41 Å². The fourth-order valence-corrected chi connectivity index (χ4v) is 1.88. The minimum Gasteiger partial charge on any atom is -0.384 e. The van der Waals surface area contributed by atoms with Crippen LogP contribution in [0, 0.1) is 6.92 Å². The number of hydrogen-bond acceptors (Lipinski definition) is 3. The van der Waals surface area contributed by atoms with E-state index >= 15 is 0 Å². The standard InChI is InChI=1S/C15H19N3/c1-10-5-6-11(15(2,3)4)7-12(10)13-8-14(16)18-9-17-13/h5-9H,1-4H3,(H2,16,17,18). The van der Waals surface area contributed by atoms with E-state index in [4.69, 9.17) is 5.73 Å². The molecule has 0 saturated heterocycles. The van der Waals surface area contributed by atoms with Crippen LogP contribution in [0.15, 0.2) is 30.6 Å². The van der Waals surface area contributed by atoms with Gasteiger partial charge in [0.1, 0.15) is 12.1 Å². The van der Waals surface area contributed by atoms with E-state index in [0.29, 0.717) is 5.82 Å². The summed E-state index contributed by atoms with van der Waals surface area (Å²) in [5.41, 5.74) is 10.3. The maximum Gasteiger partial charge on any atom is 0.127 e. The lowest BCUT2D eigenvalue weighted by Crippen LogP contribution is -2.11. The second-order valence-corrected chi connectivity index (χ2v) is 5.61. The third kappa shape index (κ3) is 2.50. The summed E-state index contributed by atoms with van der Waals surface area (Å²) in [5.74, 6) is 0.501. The van der Waals surface area contributed by atoms with Gasteiger partial charge in [-0.25, -0.2) is 9.97 Å². The topological polar surface area (TPSA) is 51.8 Å². The zero-order valence-corrected chi connectivity index (χ0v) is 11.4. The molecule has 0 bridgehead atoms. The Morgan fingerprint density at radius 1 is 1.06 bits per heavy atom. The molecule has 0 atom stereocenters. The lowest BCUT2D eigenvalue weighted by molar-refractivity contribution is 0.590. The van der Waals surface area contributed by atoms with Crippen LogP contribution >= 0.6 is 0 Å². The van der Waals surface area contributed by atoms with E-state index in [9.17, 15) is 0 Å². The summed E-state index contributed by atoms with van der Waals surface area (Å²) in [6.07, 6.45) is 1.51. The van der Waals surface area contributed by atoms with Gasteiger partial charge < -0.3 is 5.73 Å². The lowest BCUT2D eigenvalue weighted by atomic mass is 9.85. The highest BCUT2D eigenvalue weighted by molar-refractivity contribution is 5.66. The van der Waals surface area contributed by atoms with Crippen LogP contribution in [0.3, 0.4) is 0 Å². The summed E-state index contributed by atoms with van der Waals surface area (Å²) in [6, 6.07) is 8.31. The van der Waals surface area contributed by atoms with Crippen LogP contribution in [0.5, 0.6) is 0 Å². The van der Waals surface area contributed by atoms with Crippen molar-refractivity contribution in [2.45, 2.75) is 33.1 Å². The number of rotatable bonds is 1. The van der Waals surface area contributed by atoms with E-state index in [2.05, 4.69) is 55.9 Å². The molecule has 3 nitrogen and oxygen atoms in total.